The third kappa shape index (κ3) is 6.36. The van der Waals surface area contributed by atoms with Crippen LogP contribution in [0.5, 0.6) is 5.75 Å². The summed E-state index contributed by atoms with van der Waals surface area (Å²) < 4.78 is 5.56. The molecule has 0 spiro atoms. The van der Waals surface area contributed by atoms with Crippen LogP contribution in [0.4, 0.5) is 0 Å². The predicted octanol–water partition coefficient (Wildman–Crippen LogP) is 2.10. The molecule has 0 aromatic heterocycles. The first kappa shape index (κ1) is 21.4. The van der Waals surface area contributed by atoms with E-state index >= 15 is 0 Å². The average Bonchev–Trinajstić information content (AvgIpc) is 2.71. The molecule has 1 amide bonds. The van der Waals surface area contributed by atoms with Gasteiger partial charge in [0.25, 0.3) is 5.91 Å². The van der Waals surface area contributed by atoms with Gasteiger partial charge in [0.2, 0.25) is 0 Å². The molecule has 0 saturated carbocycles. The molecule has 1 unspecified atom stereocenters. The van der Waals surface area contributed by atoms with Crippen LogP contribution in [0.1, 0.15) is 27.9 Å². The number of amides is 1. The second kappa shape index (κ2) is 9.90. The van der Waals surface area contributed by atoms with Gasteiger partial charge in [-0.3, -0.25) is 15.0 Å². The lowest BCUT2D eigenvalue weighted by atomic mass is 10.1. The number of ether oxygens (including phenoxy) is 1. The van der Waals surface area contributed by atoms with Crippen molar-refractivity contribution in [1.29, 1.82) is 10.7 Å². The quantitative estimate of drug-likeness (QED) is 0.465. The smallest absolute Gasteiger partial charge is 0.305 e. The SMILES string of the molecule is CN(C)C(=N)c1ccc(C(=O)NC(COc2cccc(C#N)c2)CC(=O)O)cc1. The minimum Gasteiger partial charge on any atom is -0.491 e. The van der Waals surface area contributed by atoms with E-state index in [1.807, 2.05) is 6.07 Å². The lowest BCUT2D eigenvalue weighted by molar-refractivity contribution is -0.137. The summed E-state index contributed by atoms with van der Waals surface area (Å²) in [6.07, 6.45) is -0.312. The highest BCUT2D eigenvalue weighted by atomic mass is 16.5. The highest BCUT2D eigenvalue weighted by Gasteiger charge is 2.18. The van der Waals surface area contributed by atoms with Crippen molar-refractivity contribution in [3.05, 3.63) is 65.2 Å². The normalized spacial score (nSPS) is 11.1. The number of rotatable bonds is 8. The average molecular weight is 394 g/mol. The van der Waals surface area contributed by atoms with E-state index in [1.165, 1.54) is 6.07 Å². The van der Waals surface area contributed by atoms with Gasteiger partial charge in [-0.2, -0.15) is 5.26 Å². The number of nitriles is 1. The monoisotopic (exact) mass is 394 g/mol. The van der Waals surface area contributed by atoms with Gasteiger partial charge >= 0.3 is 5.97 Å². The van der Waals surface area contributed by atoms with E-state index in [0.29, 0.717) is 28.3 Å². The Morgan fingerprint density at radius 2 is 1.86 bits per heavy atom. The maximum Gasteiger partial charge on any atom is 0.305 e. The van der Waals surface area contributed by atoms with Crippen LogP contribution in [0.3, 0.4) is 0 Å². The predicted molar refractivity (Wildman–Crippen MR) is 107 cm³/mol. The molecule has 0 aliphatic rings. The molecule has 0 saturated heterocycles. The number of carboxylic acids is 1. The van der Waals surface area contributed by atoms with Crippen LogP contribution < -0.4 is 10.1 Å². The Balaban J connectivity index is 2.04. The van der Waals surface area contributed by atoms with E-state index in [2.05, 4.69) is 5.32 Å². The fraction of sp³-hybridized carbons (Fsp3) is 0.238. The Labute approximate surface area is 168 Å². The number of carboxylic acid groups (broad SMARTS) is 1. The van der Waals surface area contributed by atoms with Crippen molar-refractivity contribution in [3.8, 4) is 11.8 Å². The number of nitrogens with one attached hydrogen (secondary N) is 2. The lowest BCUT2D eigenvalue weighted by Gasteiger charge is -2.18. The summed E-state index contributed by atoms with van der Waals surface area (Å²) in [5, 5.41) is 28.7. The first-order valence-corrected chi connectivity index (χ1v) is 8.82. The Bertz CT molecular complexity index is 932. The van der Waals surface area contributed by atoms with Gasteiger partial charge in [0, 0.05) is 25.2 Å². The molecule has 2 rings (SSSR count). The Morgan fingerprint density at radius 3 is 2.45 bits per heavy atom. The van der Waals surface area contributed by atoms with E-state index in [1.54, 1.807) is 61.5 Å². The van der Waals surface area contributed by atoms with Crippen LogP contribution in [-0.4, -0.2) is 54.5 Å². The summed E-state index contributed by atoms with van der Waals surface area (Å²) in [7, 11) is 3.51. The van der Waals surface area contributed by atoms with Crippen LogP contribution >= 0.6 is 0 Å². The highest BCUT2D eigenvalue weighted by molar-refractivity contribution is 5.98. The number of carbonyl (C=O) groups excluding carboxylic acids is 1. The van der Waals surface area contributed by atoms with Gasteiger partial charge < -0.3 is 20.1 Å². The van der Waals surface area contributed by atoms with Gasteiger partial charge in [-0.1, -0.05) is 18.2 Å². The maximum atomic E-state index is 12.5. The summed E-state index contributed by atoms with van der Waals surface area (Å²) >= 11 is 0. The fourth-order valence-electron chi connectivity index (χ4n) is 2.52. The molecule has 0 fully saturated rings. The van der Waals surface area contributed by atoms with Crippen molar-refractivity contribution < 1.29 is 19.4 Å². The molecule has 150 valence electrons. The zero-order chi connectivity index (χ0) is 21.4. The van der Waals surface area contributed by atoms with Crippen molar-refractivity contribution >= 4 is 17.7 Å². The molecule has 0 aliphatic carbocycles. The topological polar surface area (TPSA) is 127 Å². The molecule has 8 heteroatoms. The standard InChI is InChI=1S/C21H22N4O4/c1-25(2)20(23)15-6-8-16(9-7-15)21(28)24-17(11-19(26)27)13-29-18-5-3-4-14(10-18)12-22/h3-10,17,23H,11,13H2,1-2H3,(H,24,28)(H,26,27). The van der Waals surface area contributed by atoms with Crippen LogP contribution in [0.25, 0.3) is 0 Å². The molecular weight excluding hydrogens is 372 g/mol. The first-order valence-electron chi connectivity index (χ1n) is 8.82. The molecule has 29 heavy (non-hydrogen) atoms. The number of amidine groups is 1. The third-order valence-corrected chi connectivity index (χ3v) is 4.04. The van der Waals surface area contributed by atoms with Crippen molar-refractivity contribution in [2.24, 2.45) is 0 Å². The largest absolute Gasteiger partial charge is 0.491 e. The number of aliphatic carboxylic acids is 1. The van der Waals surface area contributed by atoms with E-state index in [0.717, 1.165) is 0 Å². The van der Waals surface area contributed by atoms with E-state index < -0.39 is 17.9 Å². The molecule has 0 bridgehead atoms. The summed E-state index contributed by atoms with van der Waals surface area (Å²) in [5.74, 6) is -0.776. The molecule has 0 radical (unpaired) electrons. The van der Waals surface area contributed by atoms with E-state index in [9.17, 15) is 9.59 Å². The molecule has 0 heterocycles. The summed E-state index contributed by atoms with van der Waals surface area (Å²) in [6, 6.07) is 14.2. The van der Waals surface area contributed by atoms with Gasteiger partial charge in [-0.25, -0.2) is 0 Å². The van der Waals surface area contributed by atoms with Crippen molar-refractivity contribution in [1.82, 2.24) is 10.2 Å². The van der Waals surface area contributed by atoms with E-state index in [-0.39, 0.29) is 13.0 Å². The number of carbonyl (C=O) groups is 2. The fourth-order valence-corrected chi connectivity index (χ4v) is 2.52. The van der Waals surface area contributed by atoms with Crippen LogP contribution in [-0.2, 0) is 4.79 Å². The van der Waals surface area contributed by atoms with E-state index in [4.69, 9.17) is 20.5 Å². The van der Waals surface area contributed by atoms with Gasteiger partial charge in [-0.05, 0) is 30.3 Å². The summed E-state index contributed by atoms with van der Waals surface area (Å²) in [5.41, 5.74) is 1.43. The second-order valence-corrected chi connectivity index (χ2v) is 6.54. The molecule has 1 atom stereocenters. The summed E-state index contributed by atoms with van der Waals surface area (Å²) in [4.78, 5) is 25.3. The number of hydrogen-bond donors (Lipinski definition) is 3. The number of hydrogen-bond acceptors (Lipinski definition) is 5. The number of nitrogens with zero attached hydrogens (tertiary/aromatic N) is 2. The van der Waals surface area contributed by atoms with Crippen LogP contribution in [0.2, 0.25) is 0 Å². The third-order valence-electron chi connectivity index (χ3n) is 4.04. The molecular formula is C21H22N4O4. The highest BCUT2D eigenvalue weighted by Crippen LogP contribution is 2.13. The zero-order valence-corrected chi connectivity index (χ0v) is 16.2. The molecule has 3 N–H and O–H groups in total. The van der Waals surface area contributed by atoms with Crippen LogP contribution in [0.15, 0.2) is 48.5 Å². The van der Waals surface area contributed by atoms with Crippen molar-refractivity contribution in [3.63, 3.8) is 0 Å². The molecule has 2 aromatic rings. The lowest BCUT2D eigenvalue weighted by Crippen LogP contribution is -2.40. The van der Waals surface area contributed by atoms with Gasteiger partial charge in [0.15, 0.2) is 0 Å². The zero-order valence-electron chi connectivity index (χ0n) is 16.2. The van der Waals surface area contributed by atoms with Gasteiger partial charge in [0.1, 0.15) is 18.2 Å². The molecule has 0 aliphatic heterocycles. The van der Waals surface area contributed by atoms with Gasteiger partial charge in [-0.15, -0.1) is 0 Å². The second-order valence-electron chi connectivity index (χ2n) is 6.54. The minimum absolute atomic E-state index is 0.0592. The van der Waals surface area contributed by atoms with Gasteiger partial charge in [0.05, 0.1) is 24.1 Å². The molecule has 2 aromatic carbocycles. The van der Waals surface area contributed by atoms with Crippen LogP contribution in [0, 0.1) is 16.7 Å². The van der Waals surface area contributed by atoms with Crippen molar-refractivity contribution in [2.75, 3.05) is 20.7 Å². The Morgan fingerprint density at radius 1 is 1.21 bits per heavy atom. The summed E-state index contributed by atoms with van der Waals surface area (Å²) in [6.45, 7) is -0.0592. The van der Waals surface area contributed by atoms with Crippen molar-refractivity contribution in [2.45, 2.75) is 12.5 Å². The minimum atomic E-state index is -1.07. The Kier molecular flexibility index (Phi) is 7.32. The Hall–Kier alpha value is -3.86. The number of benzene rings is 2. The molecule has 8 nitrogen and oxygen atoms in total. The first-order chi connectivity index (χ1) is 13.8. The maximum absolute atomic E-state index is 12.5.